The number of benzene rings is 1. The van der Waals surface area contributed by atoms with Crippen LogP contribution < -0.4 is 10.0 Å². The molecule has 1 rings (SSSR count). The van der Waals surface area contributed by atoms with Gasteiger partial charge in [0.05, 0.1) is 17.3 Å². The lowest BCUT2D eigenvalue weighted by molar-refractivity contribution is -0.139. The molecule has 21 heavy (non-hydrogen) atoms. The first-order valence-electron chi connectivity index (χ1n) is 6.36. The average Bonchev–Trinajstić information content (AvgIpc) is 2.39. The molecule has 0 saturated carbocycles. The first kappa shape index (κ1) is 17.4. The summed E-state index contributed by atoms with van der Waals surface area (Å²) in [5.41, 5.74) is 5.89. The summed E-state index contributed by atoms with van der Waals surface area (Å²) in [6.45, 7) is 1.83. The summed E-state index contributed by atoms with van der Waals surface area (Å²) in [5.74, 6) is -1.50. The number of sulfonamides is 1. The molecule has 1 aromatic carbocycles. The summed E-state index contributed by atoms with van der Waals surface area (Å²) in [6, 6.07) is 8.48. The van der Waals surface area contributed by atoms with Gasteiger partial charge in [-0.2, -0.15) is 0 Å². The van der Waals surface area contributed by atoms with E-state index in [0.717, 1.165) is 4.31 Å². The molecule has 1 aromatic rings. The van der Waals surface area contributed by atoms with E-state index < -0.39 is 21.7 Å². The molecule has 0 aliphatic carbocycles. The normalized spacial score (nSPS) is 10.9. The lowest BCUT2D eigenvalue weighted by Gasteiger charge is -2.23. The van der Waals surface area contributed by atoms with Crippen LogP contribution in [-0.2, 0) is 19.6 Å². The Hall–Kier alpha value is -1.67. The van der Waals surface area contributed by atoms with Crippen molar-refractivity contribution in [3.05, 3.63) is 30.3 Å². The highest BCUT2D eigenvalue weighted by molar-refractivity contribution is 7.93. The maximum Gasteiger partial charge on any atom is 0.323 e. The van der Waals surface area contributed by atoms with E-state index in [0.29, 0.717) is 5.69 Å². The smallest absolute Gasteiger partial charge is 0.323 e. The van der Waals surface area contributed by atoms with E-state index in [1.165, 1.54) is 0 Å². The number of ether oxygens (including phenoxy) is 1. The van der Waals surface area contributed by atoms with E-state index in [9.17, 15) is 13.2 Å². The number of carbonyl (C=O) groups is 1. The van der Waals surface area contributed by atoms with Gasteiger partial charge >= 0.3 is 5.97 Å². The molecular weight excluding hydrogens is 312 g/mol. The third kappa shape index (κ3) is 5.68. The molecule has 0 amide bonds. The van der Waals surface area contributed by atoms with Crippen molar-refractivity contribution in [3.8, 4) is 0 Å². The van der Waals surface area contributed by atoms with E-state index in [-0.39, 0.29) is 24.6 Å². The van der Waals surface area contributed by atoms with E-state index in [1.807, 2.05) is 0 Å². The number of hydrogen-bond donors (Lipinski definition) is 1. The Labute approximate surface area is 129 Å². The molecule has 0 aromatic heterocycles. The number of para-hydroxylation sites is 1. The summed E-state index contributed by atoms with van der Waals surface area (Å²) < 4.78 is 30.6. The minimum atomic E-state index is -3.85. The van der Waals surface area contributed by atoms with E-state index in [4.69, 9.17) is 22.7 Å². The number of anilines is 1. The Kier molecular flexibility index (Phi) is 6.57. The van der Waals surface area contributed by atoms with Crippen LogP contribution in [0.25, 0.3) is 0 Å². The average molecular weight is 330 g/mol. The molecular formula is C13H18N2O4S2. The molecule has 0 unspecified atom stereocenters. The predicted molar refractivity (Wildman–Crippen MR) is 85.6 cm³/mol. The second-order valence-electron chi connectivity index (χ2n) is 4.19. The number of thiocarbonyl (C=S) groups is 1. The molecule has 0 spiro atoms. The van der Waals surface area contributed by atoms with Gasteiger partial charge in [-0.3, -0.25) is 9.10 Å². The van der Waals surface area contributed by atoms with Gasteiger partial charge < -0.3 is 10.5 Å². The molecule has 6 nitrogen and oxygen atoms in total. The molecule has 0 aliphatic rings. The molecule has 0 bridgehead atoms. The molecule has 0 atom stereocenters. The van der Waals surface area contributed by atoms with Crippen LogP contribution in [0.5, 0.6) is 0 Å². The van der Waals surface area contributed by atoms with Crippen LogP contribution in [0.3, 0.4) is 0 Å². The molecule has 0 fully saturated rings. The number of nitrogens with two attached hydrogens (primary N) is 1. The summed E-state index contributed by atoms with van der Waals surface area (Å²) in [7, 11) is -3.85. The van der Waals surface area contributed by atoms with E-state index in [1.54, 1.807) is 37.3 Å². The second kappa shape index (κ2) is 7.94. The van der Waals surface area contributed by atoms with E-state index in [2.05, 4.69) is 0 Å². The lowest BCUT2D eigenvalue weighted by atomic mass is 10.3. The minimum Gasteiger partial charge on any atom is -0.465 e. The number of hydrogen-bond acceptors (Lipinski definition) is 5. The third-order valence-electron chi connectivity index (χ3n) is 2.55. The second-order valence-corrected chi connectivity index (χ2v) is 6.60. The largest absolute Gasteiger partial charge is 0.465 e. The fourth-order valence-electron chi connectivity index (χ4n) is 1.66. The molecule has 0 radical (unpaired) electrons. The van der Waals surface area contributed by atoms with Crippen molar-refractivity contribution < 1.29 is 17.9 Å². The van der Waals surface area contributed by atoms with Crippen LogP contribution in [0.1, 0.15) is 13.3 Å². The SMILES string of the molecule is CCOC(=O)CS(=O)(=O)N(CCC(N)=S)c1ccccc1. The van der Waals surface area contributed by atoms with Crippen molar-refractivity contribution in [1.82, 2.24) is 0 Å². The van der Waals surface area contributed by atoms with Crippen molar-refractivity contribution in [2.75, 3.05) is 23.2 Å². The Morgan fingerprint density at radius 2 is 1.95 bits per heavy atom. The molecule has 116 valence electrons. The first-order chi connectivity index (χ1) is 9.86. The van der Waals surface area contributed by atoms with Crippen molar-refractivity contribution in [3.63, 3.8) is 0 Å². The molecule has 0 aliphatic heterocycles. The van der Waals surface area contributed by atoms with Gasteiger partial charge in [-0.05, 0) is 19.1 Å². The minimum absolute atomic E-state index is 0.0844. The number of carbonyl (C=O) groups excluding carboxylic acids is 1. The summed E-state index contributed by atoms with van der Waals surface area (Å²) in [6.07, 6.45) is 0.228. The van der Waals surface area contributed by atoms with Crippen molar-refractivity contribution >= 4 is 38.9 Å². The Morgan fingerprint density at radius 3 is 2.48 bits per heavy atom. The summed E-state index contributed by atoms with van der Waals surface area (Å²) in [5, 5.41) is 0. The van der Waals surface area contributed by atoms with Gasteiger partial charge in [-0.15, -0.1) is 0 Å². The Balaban J connectivity index is 2.99. The van der Waals surface area contributed by atoms with Crippen LogP contribution in [0.2, 0.25) is 0 Å². The number of nitrogens with zero attached hydrogens (tertiary/aromatic N) is 1. The maximum atomic E-state index is 12.4. The number of rotatable bonds is 8. The molecule has 0 heterocycles. The highest BCUT2D eigenvalue weighted by Crippen LogP contribution is 2.18. The van der Waals surface area contributed by atoms with Gasteiger partial charge in [0.25, 0.3) is 0 Å². The first-order valence-corrected chi connectivity index (χ1v) is 8.38. The van der Waals surface area contributed by atoms with Crippen molar-refractivity contribution in [2.24, 2.45) is 5.73 Å². The maximum absolute atomic E-state index is 12.4. The molecule has 0 saturated heterocycles. The highest BCUT2D eigenvalue weighted by Gasteiger charge is 2.26. The van der Waals surface area contributed by atoms with Gasteiger partial charge in [0.1, 0.15) is 0 Å². The van der Waals surface area contributed by atoms with Crippen molar-refractivity contribution in [1.29, 1.82) is 0 Å². The zero-order valence-corrected chi connectivity index (χ0v) is 13.3. The lowest BCUT2D eigenvalue weighted by Crippen LogP contribution is -2.38. The number of esters is 1. The van der Waals surface area contributed by atoms with Crippen LogP contribution in [0, 0.1) is 0 Å². The van der Waals surface area contributed by atoms with Gasteiger partial charge in [0.15, 0.2) is 5.75 Å². The zero-order chi connectivity index (χ0) is 15.9. The van der Waals surface area contributed by atoms with Gasteiger partial charge in [-0.1, -0.05) is 30.4 Å². The highest BCUT2D eigenvalue weighted by atomic mass is 32.2. The summed E-state index contributed by atoms with van der Waals surface area (Å²) >= 11 is 4.78. The van der Waals surface area contributed by atoms with Crippen molar-refractivity contribution in [2.45, 2.75) is 13.3 Å². The predicted octanol–water partition coefficient (Wildman–Crippen LogP) is 1.06. The quantitative estimate of drug-likeness (QED) is 0.566. The summed E-state index contributed by atoms with van der Waals surface area (Å²) in [4.78, 5) is 11.7. The zero-order valence-electron chi connectivity index (χ0n) is 11.7. The topological polar surface area (TPSA) is 89.7 Å². The van der Waals surface area contributed by atoms with Gasteiger partial charge in [0, 0.05) is 13.0 Å². The Bertz CT molecular complexity index is 587. The fourth-order valence-corrected chi connectivity index (χ4v) is 3.10. The van der Waals surface area contributed by atoms with Gasteiger partial charge in [0.2, 0.25) is 10.0 Å². The fraction of sp³-hybridized carbons (Fsp3) is 0.385. The molecule has 2 N–H and O–H groups in total. The van der Waals surface area contributed by atoms with Gasteiger partial charge in [-0.25, -0.2) is 8.42 Å². The standard InChI is InChI=1S/C13H18N2O4S2/c1-2-19-13(16)10-21(17,18)15(9-8-12(14)20)11-6-4-3-5-7-11/h3-7H,2,8-10H2,1H3,(H2,14,20). The van der Waals surface area contributed by atoms with E-state index >= 15 is 0 Å². The third-order valence-corrected chi connectivity index (χ3v) is 4.42. The van der Waals surface area contributed by atoms with Crippen LogP contribution in [-0.4, -0.2) is 38.3 Å². The monoisotopic (exact) mass is 330 g/mol. The molecule has 8 heteroatoms. The van der Waals surface area contributed by atoms with Crippen LogP contribution in [0.15, 0.2) is 30.3 Å². The Morgan fingerprint density at radius 1 is 1.33 bits per heavy atom. The van der Waals surface area contributed by atoms with Crippen LogP contribution >= 0.6 is 12.2 Å². The van der Waals surface area contributed by atoms with Crippen LogP contribution in [0.4, 0.5) is 5.69 Å².